The molecule has 0 aliphatic heterocycles. The van der Waals surface area contributed by atoms with Gasteiger partial charge in [0.2, 0.25) is 0 Å². The number of aromatic nitrogens is 2. The van der Waals surface area contributed by atoms with E-state index in [1.807, 2.05) is 24.3 Å². The van der Waals surface area contributed by atoms with E-state index in [-0.39, 0.29) is 5.91 Å². The van der Waals surface area contributed by atoms with E-state index in [0.717, 1.165) is 5.52 Å². The van der Waals surface area contributed by atoms with Crippen LogP contribution in [0.4, 0.5) is 0 Å². The highest BCUT2D eigenvalue weighted by molar-refractivity contribution is 5.93. The molecule has 1 heterocycles. The van der Waals surface area contributed by atoms with Crippen molar-refractivity contribution in [3.8, 4) is 0 Å². The molecule has 0 aliphatic carbocycles. The predicted octanol–water partition coefficient (Wildman–Crippen LogP) is 1.13. The molecule has 0 fully saturated rings. The number of nitrogens with zero attached hydrogens (tertiary/aromatic N) is 2. The Kier molecular flexibility index (Phi) is 3.84. The van der Waals surface area contributed by atoms with Gasteiger partial charge in [-0.15, -0.1) is 0 Å². The van der Waals surface area contributed by atoms with Crippen molar-refractivity contribution in [1.82, 2.24) is 15.3 Å². The molecule has 0 aliphatic rings. The molecule has 2 rings (SSSR count). The largest absolute Gasteiger partial charge is 0.393 e. The molecule has 18 heavy (non-hydrogen) atoms. The smallest absolute Gasteiger partial charge is 0.271 e. The maximum absolute atomic E-state index is 11.8. The minimum absolute atomic E-state index is 0.270. The third kappa shape index (κ3) is 3.01. The van der Waals surface area contributed by atoms with Crippen LogP contribution >= 0.6 is 0 Å². The second-order valence-electron chi connectivity index (χ2n) is 4.14. The SMILES string of the molecule is CC(O)CCNC(=O)c1cnc2ccccc2n1. The molecular weight excluding hydrogens is 230 g/mol. The molecule has 94 valence electrons. The first-order valence-corrected chi connectivity index (χ1v) is 5.85. The summed E-state index contributed by atoms with van der Waals surface area (Å²) < 4.78 is 0. The van der Waals surface area contributed by atoms with E-state index in [0.29, 0.717) is 24.2 Å². The summed E-state index contributed by atoms with van der Waals surface area (Å²) in [5.74, 6) is -0.270. The van der Waals surface area contributed by atoms with Gasteiger partial charge < -0.3 is 10.4 Å². The van der Waals surface area contributed by atoms with E-state index in [9.17, 15) is 4.79 Å². The highest BCUT2D eigenvalue weighted by Gasteiger charge is 2.08. The maximum atomic E-state index is 11.8. The van der Waals surface area contributed by atoms with Crippen molar-refractivity contribution in [2.75, 3.05) is 6.54 Å². The summed E-state index contributed by atoms with van der Waals surface area (Å²) in [7, 11) is 0. The van der Waals surface area contributed by atoms with Crippen LogP contribution in [0.2, 0.25) is 0 Å². The summed E-state index contributed by atoms with van der Waals surface area (Å²) in [6.45, 7) is 2.10. The third-order valence-corrected chi connectivity index (χ3v) is 2.53. The Morgan fingerprint density at radius 2 is 2.11 bits per heavy atom. The minimum atomic E-state index is -0.423. The summed E-state index contributed by atoms with van der Waals surface area (Å²) in [5.41, 5.74) is 1.75. The van der Waals surface area contributed by atoms with E-state index in [1.54, 1.807) is 6.92 Å². The first kappa shape index (κ1) is 12.4. The quantitative estimate of drug-likeness (QED) is 0.846. The van der Waals surface area contributed by atoms with Gasteiger partial charge in [-0.25, -0.2) is 4.98 Å². The second kappa shape index (κ2) is 5.55. The lowest BCUT2D eigenvalue weighted by atomic mass is 10.2. The van der Waals surface area contributed by atoms with E-state index >= 15 is 0 Å². The van der Waals surface area contributed by atoms with Gasteiger partial charge in [0.25, 0.3) is 5.91 Å². The van der Waals surface area contributed by atoms with E-state index in [2.05, 4.69) is 15.3 Å². The molecule has 1 atom stereocenters. The second-order valence-corrected chi connectivity index (χ2v) is 4.14. The van der Waals surface area contributed by atoms with Crippen LogP contribution in [0.25, 0.3) is 11.0 Å². The lowest BCUT2D eigenvalue weighted by Gasteiger charge is -2.06. The molecule has 2 aromatic rings. The van der Waals surface area contributed by atoms with Crippen molar-refractivity contribution in [3.05, 3.63) is 36.2 Å². The highest BCUT2D eigenvalue weighted by Crippen LogP contribution is 2.08. The maximum Gasteiger partial charge on any atom is 0.271 e. The number of aliphatic hydroxyl groups excluding tert-OH is 1. The molecule has 1 aromatic heterocycles. The Balaban J connectivity index is 2.08. The van der Waals surface area contributed by atoms with Gasteiger partial charge in [0.15, 0.2) is 0 Å². The van der Waals surface area contributed by atoms with Gasteiger partial charge >= 0.3 is 0 Å². The number of para-hydroxylation sites is 2. The van der Waals surface area contributed by atoms with Crippen LogP contribution in [0.1, 0.15) is 23.8 Å². The van der Waals surface area contributed by atoms with Crippen LogP contribution in [0.3, 0.4) is 0 Å². The molecule has 1 amide bonds. The molecular formula is C13H15N3O2. The lowest BCUT2D eigenvalue weighted by molar-refractivity contribution is 0.0940. The Bertz CT molecular complexity index is 555. The predicted molar refractivity (Wildman–Crippen MR) is 68.2 cm³/mol. The van der Waals surface area contributed by atoms with Gasteiger partial charge in [-0.1, -0.05) is 12.1 Å². The molecule has 0 saturated heterocycles. The summed E-state index contributed by atoms with van der Waals surface area (Å²) in [5, 5.41) is 11.8. The van der Waals surface area contributed by atoms with Gasteiger partial charge in [-0.05, 0) is 25.5 Å². The number of hydrogen-bond acceptors (Lipinski definition) is 4. The normalized spacial score (nSPS) is 12.3. The summed E-state index contributed by atoms with van der Waals surface area (Å²) >= 11 is 0. The van der Waals surface area contributed by atoms with Crippen molar-refractivity contribution in [2.45, 2.75) is 19.4 Å². The molecule has 0 spiro atoms. The molecule has 1 unspecified atom stereocenters. The van der Waals surface area contributed by atoms with Crippen LogP contribution in [0.5, 0.6) is 0 Å². The first-order valence-electron chi connectivity index (χ1n) is 5.85. The van der Waals surface area contributed by atoms with Crippen LogP contribution in [0, 0.1) is 0 Å². The molecule has 5 heteroatoms. The number of fused-ring (bicyclic) bond motifs is 1. The number of benzene rings is 1. The zero-order valence-electron chi connectivity index (χ0n) is 10.1. The zero-order valence-corrected chi connectivity index (χ0v) is 10.1. The van der Waals surface area contributed by atoms with Crippen LogP contribution in [-0.2, 0) is 0 Å². The molecule has 0 saturated carbocycles. The number of rotatable bonds is 4. The van der Waals surface area contributed by atoms with E-state index in [1.165, 1.54) is 6.20 Å². The van der Waals surface area contributed by atoms with Gasteiger partial charge in [0.05, 0.1) is 23.3 Å². The Hall–Kier alpha value is -2.01. The standard InChI is InChI=1S/C13H15N3O2/c1-9(17)6-7-14-13(18)12-8-15-10-4-2-3-5-11(10)16-12/h2-5,8-9,17H,6-7H2,1H3,(H,14,18). The van der Waals surface area contributed by atoms with Crippen molar-refractivity contribution in [3.63, 3.8) is 0 Å². The van der Waals surface area contributed by atoms with Crippen LogP contribution in [-0.4, -0.2) is 33.6 Å². The molecule has 0 radical (unpaired) electrons. The molecule has 1 aromatic carbocycles. The molecule has 2 N–H and O–H groups in total. The average Bonchev–Trinajstić information content (AvgIpc) is 2.37. The van der Waals surface area contributed by atoms with E-state index in [4.69, 9.17) is 5.11 Å². The summed E-state index contributed by atoms with van der Waals surface area (Å²) in [6, 6.07) is 7.39. The monoisotopic (exact) mass is 245 g/mol. The lowest BCUT2D eigenvalue weighted by Crippen LogP contribution is -2.27. The molecule has 5 nitrogen and oxygen atoms in total. The third-order valence-electron chi connectivity index (χ3n) is 2.53. The van der Waals surface area contributed by atoms with Gasteiger partial charge in [-0.3, -0.25) is 9.78 Å². The minimum Gasteiger partial charge on any atom is -0.393 e. The summed E-state index contributed by atoms with van der Waals surface area (Å²) in [6.07, 6.45) is 1.56. The van der Waals surface area contributed by atoms with Crippen molar-refractivity contribution < 1.29 is 9.90 Å². The Morgan fingerprint density at radius 1 is 1.39 bits per heavy atom. The average molecular weight is 245 g/mol. The number of aliphatic hydroxyl groups is 1. The number of amides is 1. The first-order chi connectivity index (χ1) is 8.66. The fraction of sp³-hybridized carbons (Fsp3) is 0.308. The van der Waals surface area contributed by atoms with Crippen LogP contribution < -0.4 is 5.32 Å². The summed E-state index contributed by atoms with van der Waals surface area (Å²) in [4.78, 5) is 20.2. The van der Waals surface area contributed by atoms with E-state index < -0.39 is 6.10 Å². The Labute approximate surface area is 105 Å². The van der Waals surface area contributed by atoms with Gasteiger partial charge in [-0.2, -0.15) is 0 Å². The van der Waals surface area contributed by atoms with Crippen LogP contribution in [0.15, 0.2) is 30.5 Å². The highest BCUT2D eigenvalue weighted by atomic mass is 16.3. The Morgan fingerprint density at radius 3 is 2.83 bits per heavy atom. The zero-order chi connectivity index (χ0) is 13.0. The number of carbonyl (C=O) groups is 1. The fourth-order valence-electron chi connectivity index (χ4n) is 1.55. The van der Waals surface area contributed by atoms with Gasteiger partial charge in [0, 0.05) is 6.54 Å². The number of carbonyl (C=O) groups excluding carboxylic acids is 1. The topological polar surface area (TPSA) is 75.1 Å². The van der Waals surface area contributed by atoms with Crippen molar-refractivity contribution in [2.24, 2.45) is 0 Å². The molecule has 0 bridgehead atoms. The van der Waals surface area contributed by atoms with Crippen molar-refractivity contribution in [1.29, 1.82) is 0 Å². The van der Waals surface area contributed by atoms with Gasteiger partial charge in [0.1, 0.15) is 5.69 Å². The number of hydrogen-bond donors (Lipinski definition) is 2. The number of nitrogens with one attached hydrogen (secondary N) is 1. The fourth-order valence-corrected chi connectivity index (χ4v) is 1.55. The van der Waals surface area contributed by atoms with Crippen molar-refractivity contribution >= 4 is 16.9 Å².